The molecule has 0 amide bonds. The lowest BCUT2D eigenvalue weighted by Crippen LogP contribution is -2.02. The molecule has 100 valence electrons. The van der Waals surface area contributed by atoms with E-state index < -0.39 is 0 Å². The van der Waals surface area contributed by atoms with Gasteiger partial charge in [0.25, 0.3) is 0 Å². The third-order valence-corrected chi connectivity index (χ3v) is 3.64. The molecule has 3 aromatic rings. The summed E-state index contributed by atoms with van der Waals surface area (Å²) in [6, 6.07) is 9.80. The van der Waals surface area contributed by atoms with Crippen molar-refractivity contribution < 1.29 is 0 Å². The average Bonchev–Trinajstić information content (AvgIpc) is 2.48. The number of nitrogens with zero attached hydrogens (tertiary/aromatic N) is 2. The molecule has 3 nitrogen and oxygen atoms in total. The lowest BCUT2D eigenvalue weighted by molar-refractivity contribution is 1.13. The third kappa shape index (κ3) is 2.45. The Morgan fingerprint density at radius 3 is 2.90 bits per heavy atom. The Balaban J connectivity index is 1.92. The van der Waals surface area contributed by atoms with Gasteiger partial charge in [0.1, 0.15) is 0 Å². The van der Waals surface area contributed by atoms with Crippen LogP contribution >= 0.6 is 11.6 Å². The second-order valence-corrected chi connectivity index (χ2v) is 5.06. The maximum atomic E-state index is 6.20. The fourth-order valence-electron chi connectivity index (χ4n) is 2.18. The zero-order chi connectivity index (χ0) is 13.9. The molecule has 0 aliphatic carbocycles. The van der Waals surface area contributed by atoms with Crippen LogP contribution in [0.5, 0.6) is 0 Å². The van der Waals surface area contributed by atoms with Crippen molar-refractivity contribution in [3.05, 3.63) is 65.1 Å². The molecule has 0 atom stereocenters. The number of fused-ring (bicyclic) bond motifs is 1. The first-order valence-electron chi connectivity index (χ1n) is 6.42. The van der Waals surface area contributed by atoms with Crippen molar-refractivity contribution >= 4 is 28.2 Å². The second-order valence-electron chi connectivity index (χ2n) is 4.65. The minimum absolute atomic E-state index is 0.692. The van der Waals surface area contributed by atoms with Gasteiger partial charge in [0.2, 0.25) is 0 Å². The number of nitrogens with one attached hydrogen (secondary N) is 1. The van der Waals surface area contributed by atoms with Gasteiger partial charge in [-0.1, -0.05) is 17.7 Å². The van der Waals surface area contributed by atoms with Crippen molar-refractivity contribution in [3.8, 4) is 0 Å². The number of hydrogen-bond acceptors (Lipinski definition) is 3. The van der Waals surface area contributed by atoms with E-state index in [0.717, 1.165) is 27.2 Å². The van der Waals surface area contributed by atoms with Crippen LogP contribution in [-0.2, 0) is 6.54 Å². The van der Waals surface area contributed by atoms with E-state index in [1.54, 1.807) is 12.4 Å². The molecule has 2 heterocycles. The third-order valence-electron chi connectivity index (χ3n) is 3.31. The highest BCUT2D eigenvalue weighted by molar-refractivity contribution is 6.35. The highest BCUT2D eigenvalue weighted by atomic mass is 35.5. The molecule has 0 fully saturated rings. The largest absolute Gasteiger partial charge is 0.379 e. The van der Waals surface area contributed by atoms with Gasteiger partial charge < -0.3 is 5.32 Å². The van der Waals surface area contributed by atoms with Crippen LogP contribution in [0.3, 0.4) is 0 Å². The summed E-state index contributed by atoms with van der Waals surface area (Å²) in [7, 11) is 0. The summed E-state index contributed by atoms with van der Waals surface area (Å²) in [6.45, 7) is 2.75. The summed E-state index contributed by atoms with van der Waals surface area (Å²) in [4.78, 5) is 8.57. The van der Waals surface area contributed by atoms with E-state index in [1.807, 2.05) is 36.5 Å². The highest BCUT2D eigenvalue weighted by Gasteiger charge is 2.06. The van der Waals surface area contributed by atoms with Crippen molar-refractivity contribution in [1.29, 1.82) is 0 Å². The molecule has 0 aliphatic heterocycles. The average molecular weight is 284 g/mol. The number of aromatic nitrogens is 2. The van der Waals surface area contributed by atoms with Crippen LogP contribution in [0, 0.1) is 6.92 Å². The van der Waals surface area contributed by atoms with Gasteiger partial charge in [0.05, 0.1) is 17.4 Å². The molecule has 0 radical (unpaired) electrons. The summed E-state index contributed by atoms with van der Waals surface area (Å²) < 4.78 is 0. The Hall–Kier alpha value is -2.13. The van der Waals surface area contributed by atoms with Crippen molar-refractivity contribution in [2.75, 3.05) is 5.32 Å². The van der Waals surface area contributed by atoms with E-state index in [1.165, 1.54) is 5.56 Å². The molecule has 3 rings (SSSR count). The van der Waals surface area contributed by atoms with Crippen LogP contribution < -0.4 is 5.32 Å². The number of hydrogen-bond donors (Lipinski definition) is 1. The first-order valence-corrected chi connectivity index (χ1v) is 6.80. The molecule has 0 aliphatic rings. The summed E-state index contributed by atoms with van der Waals surface area (Å²) in [6.07, 6.45) is 5.41. The molecule has 2 aromatic heterocycles. The molecule has 0 saturated heterocycles. The Labute approximate surface area is 122 Å². The Kier molecular flexibility index (Phi) is 3.52. The molecule has 1 aromatic carbocycles. The predicted octanol–water partition coefficient (Wildman–Crippen LogP) is 4.20. The molecule has 20 heavy (non-hydrogen) atoms. The SMILES string of the molecule is Cc1ccncc1NCc1ccc(Cl)c2cccnc12. The summed E-state index contributed by atoms with van der Waals surface area (Å²) >= 11 is 6.20. The molecule has 0 bridgehead atoms. The Morgan fingerprint density at radius 1 is 1.15 bits per heavy atom. The number of halogens is 1. The number of aryl methyl sites for hydroxylation is 1. The van der Waals surface area contributed by atoms with Crippen LogP contribution in [0.25, 0.3) is 10.9 Å². The van der Waals surface area contributed by atoms with Gasteiger partial charge in [-0.3, -0.25) is 9.97 Å². The topological polar surface area (TPSA) is 37.8 Å². The first-order chi connectivity index (χ1) is 9.75. The van der Waals surface area contributed by atoms with Gasteiger partial charge in [-0.2, -0.15) is 0 Å². The van der Waals surface area contributed by atoms with E-state index in [0.29, 0.717) is 6.54 Å². The lowest BCUT2D eigenvalue weighted by atomic mass is 10.1. The molecule has 0 unspecified atom stereocenters. The minimum Gasteiger partial charge on any atom is -0.379 e. The minimum atomic E-state index is 0.692. The van der Waals surface area contributed by atoms with E-state index in [4.69, 9.17) is 11.6 Å². The van der Waals surface area contributed by atoms with Crippen molar-refractivity contribution in [3.63, 3.8) is 0 Å². The van der Waals surface area contributed by atoms with Crippen LogP contribution in [0.2, 0.25) is 5.02 Å². The molecular weight excluding hydrogens is 270 g/mol. The molecule has 0 saturated carbocycles. The van der Waals surface area contributed by atoms with Crippen LogP contribution in [0.4, 0.5) is 5.69 Å². The zero-order valence-corrected chi connectivity index (χ0v) is 11.9. The highest BCUT2D eigenvalue weighted by Crippen LogP contribution is 2.25. The Morgan fingerprint density at radius 2 is 2.05 bits per heavy atom. The molecule has 4 heteroatoms. The van der Waals surface area contributed by atoms with Crippen LogP contribution in [-0.4, -0.2) is 9.97 Å². The number of anilines is 1. The molecular formula is C16H14ClN3. The van der Waals surface area contributed by atoms with E-state index in [9.17, 15) is 0 Å². The second kappa shape index (κ2) is 5.47. The maximum Gasteiger partial charge on any atom is 0.0766 e. The quantitative estimate of drug-likeness (QED) is 0.783. The number of pyridine rings is 2. The van der Waals surface area contributed by atoms with Gasteiger partial charge >= 0.3 is 0 Å². The standard InChI is InChI=1S/C16H14ClN3/c1-11-6-8-18-10-15(11)20-9-12-4-5-14(17)13-3-2-7-19-16(12)13/h2-8,10,20H,9H2,1H3. The zero-order valence-electron chi connectivity index (χ0n) is 11.1. The fourth-order valence-corrected chi connectivity index (χ4v) is 2.39. The van der Waals surface area contributed by atoms with Crippen molar-refractivity contribution in [2.45, 2.75) is 13.5 Å². The van der Waals surface area contributed by atoms with Crippen LogP contribution in [0.15, 0.2) is 48.9 Å². The number of rotatable bonds is 3. The van der Waals surface area contributed by atoms with Crippen LogP contribution in [0.1, 0.15) is 11.1 Å². The summed E-state index contributed by atoms with van der Waals surface area (Å²) in [5.74, 6) is 0. The van der Waals surface area contributed by atoms with E-state index in [-0.39, 0.29) is 0 Å². The first kappa shape index (κ1) is 12.9. The van der Waals surface area contributed by atoms with Gasteiger partial charge in [-0.25, -0.2) is 0 Å². The van der Waals surface area contributed by atoms with Gasteiger partial charge in [-0.05, 0) is 42.3 Å². The van der Waals surface area contributed by atoms with E-state index >= 15 is 0 Å². The summed E-state index contributed by atoms with van der Waals surface area (Å²) in [5.41, 5.74) is 4.26. The molecule has 0 spiro atoms. The molecule has 1 N–H and O–H groups in total. The van der Waals surface area contributed by atoms with Gasteiger partial charge in [-0.15, -0.1) is 0 Å². The fraction of sp³-hybridized carbons (Fsp3) is 0.125. The smallest absolute Gasteiger partial charge is 0.0766 e. The van der Waals surface area contributed by atoms with E-state index in [2.05, 4.69) is 22.2 Å². The normalized spacial score (nSPS) is 10.7. The maximum absolute atomic E-state index is 6.20. The number of benzene rings is 1. The van der Waals surface area contributed by atoms with Crippen molar-refractivity contribution in [1.82, 2.24) is 9.97 Å². The Bertz CT molecular complexity index is 756. The van der Waals surface area contributed by atoms with Crippen molar-refractivity contribution in [2.24, 2.45) is 0 Å². The lowest BCUT2D eigenvalue weighted by Gasteiger charge is -2.11. The van der Waals surface area contributed by atoms with Gasteiger partial charge in [0.15, 0.2) is 0 Å². The summed E-state index contributed by atoms with van der Waals surface area (Å²) in [5, 5.41) is 5.11. The van der Waals surface area contributed by atoms with Gasteiger partial charge in [0, 0.05) is 29.3 Å². The predicted molar refractivity (Wildman–Crippen MR) is 83.1 cm³/mol. The monoisotopic (exact) mass is 283 g/mol.